The van der Waals surface area contributed by atoms with Crippen LogP contribution in [-0.2, 0) is 0 Å². The Labute approximate surface area is 110 Å². The highest BCUT2D eigenvalue weighted by Crippen LogP contribution is 2.20. The van der Waals surface area contributed by atoms with Gasteiger partial charge < -0.3 is 10.6 Å². The third kappa shape index (κ3) is 3.76. The first-order valence-electron chi connectivity index (χ1n) is 6.50. The number of para-hydroxylation sites is 1. The van der Waals surface area contributed by atoms with Gasteiger partial charge in [0.25, 0.3) is 5.91 Å². The molecular formula is C15H24N2O. The molecule has 0 aliphatic carbocycles. The van der Waals surface area contributed by atoms with Crippen LogP contribution in [0, 0.1) is 5.41 Å². The molecule has 0 bridgehead atoms. The Morgan fingerprint density at radius 1 is 1.28 bits per heavy atom. The van der Waals surface area contributed by atoms with Crippen LogP contribution in [-0.4, -0.2) is 18.5 Å². The maximum atomic E-state index is 12.2. The maximum absolute atomic E-state index is 12.2. The van der Waals surface area contributed by atoms with Gasteiger partial charge in [0, 0.05) is 18.3 Å². The summed E-state index contributed by atoms with van der Waals surface area (Å²) in [6.07, 6.45) is 0. The lowest BCUT2D eigenvalue weighted by Gasteiger charge is -2.28. The molecule has 0 saturated carbocycles. The van der Waals surface area contributed by atoms with Gasteiger partial charge in [0.05, 0.1) is 5.56 Å². The van der Waals surface area contributed by atoms with Gasteiger partial charge in [0.15, 0.2) is 0 Å². The van der Waals surface area contributed by atoms with Crippen LogP contribution in [0.4, 0.5) is 5.69 Å². The van der Waals surface area contributed by atoms with Crippen LogP contribution in [0.25, 0.3) is 0 Å². The smallest absolute Gasteiger partial charge is 0.253 e. The normalized spacial score (nSPS) is 12.9. The largest absolute Gasteiger partial charge is 0.385 e. The lowest BCUT2D eigenvalue weighted by Crippen LogP contribution is -2.41. The Morgan fingerprint density at radius 2 is 1.89 bits per heavy atom. The molecule has 2 N–H and O–H groups in total. The molecule has 0 heterocycles. The van der Waals surface area contributed by atoms with Crippen LogP contribution in [0.5, 0.6) is 0 Å². The fourth-order valence-corrected chi connectivity index (χ4v) is 1.52. The van der Waals surface area contributed by atoms with Gasteiger partial charge in [-0.3, -0.25) is 4.79 Å². The van der Waals surface area contributed by atoms with Crippen LogP contribution in [0.15, 0.2) is 24.3 Å². The van der Waals surface area contributed by atoms with Crippen molar-refractivity contribution in [3.63, 3.8) is 0 Å². The number of benzene rings is 1. The van der Waals surface area contributed by atoms with Crippen molar-refractivity contribution in [1.29, 1.82) is 0 Å². The molecular weight excluding hydrogens is 224 g/mol. The van der Waals surface area contributed by atoms with Gasteiger partial charge in [0.1, 0.15) is 0 Å². The summed E-state index contributed by atoms with van der Waals surface area (Å²) in [6.45, 7) is 11.2. The number of carbonyl (C=O) groups is 1. The number of nitrogens with one attached hydrogen (secondary N) is 2. The summed E-state index contributed by atoms with van der Waals surface area (Å²) in [5.41, 5.74) is 1.65. The van der Waals surface area contributed by atoms with Crippen LogP contribution >= 0.6 is 0 Å². The van der Waals surface area contributed by atoms with Gasteiger partial charge in [-0.2, -0.15) is 0 Å². The predicted octanol–water partition coefficient (Wildman–Crippen LogP) is 3.28. The summed E-state index contributed by atoms with van der Waals surface area (Å²) in [5.74, 6) is -0.0195. The second kappa shape index (κ2) is 5.89. The van der Waals surface area contributed by atoms with Crippen LogP contribution in [0.3, 0.4) is 0 Å². The Kier molecular flexibility index (Phi) is 4.76. The first-order valence-corrected chi connectivity index (χ1v) is 6.50. The molecule has 0 saturated heterocycles. The van der Waals surface area contributed by atoms with E-state index in [-0.39, 0.29) is 17.4 Å². The minimum atomic E-state index is -0.0195. The van der Waals surface area contributed by atoms with Crippen LogP contribution in [0.2, 0.25) is 0 Å². The van der Waals surface area contributed by atoms with Gasteiger partial charge in [0.2, 0.25) is 0 Å². The fraction of sp³-hybridized carbons (Fsp3) is 0.533. The predicted molar refractivity (Wildman–Crippen MR) is 77.0 cm³/mol. The molecule has 1 aromatic carbocycles. The van der Waals surface area contributed by atoms with Gasteiger partial charge in [-0.05, 0) is 31.4 Å². The van der Waals surface area contributed by atoms with Crippen molar-refractivity contribution in [1.82, 2.24) is 5.32 Å². The quantitative estimate of drug-likeness (QED) is 0.858. The Morgan fingerprint density at radius 3 is 2.44 bits per heavy atom. The zero-order chi connectivity index (χ0) is 13.8. The van der Waals surface area contributed by atoms with E-state index in [2.05, 4.69) is 31.4 Å². The summed E-state index contributed by atoms with van der Waals surface area (Å²) < 4.78 is 0. The monoisotopic (exact) mass is 248 g/mol. The average Bonchev–Trinajstić information content (AvgIpc) is 2.28. The molecule has 18 heavy (non-hydrogen) atoms. The molecule has 0 aromatic heterocycles. The molecule has 1 unspecified atom stereocenters. The van der Waals surface area contributed by atoms with Gasteiger partial charge in [-0.15, -0.1) is 0 Å². The Hall–Kier alpha value is -1.51. The summed E-state index contributed by atoms with van der Waals surface area (Å²) >= 11 is 0. The molecule has 1 aromatic rings. The molecule has 0 spiro atoms. The minimum Gasteiger partial charge on any atom is -0.385 e. The van der Waals surface area contributed by atoms with E-state index < -0.39 is 0 Å². The van der Waals surface area contributed by atoms with Gasteiger partial charge in [-0.25, -0.2) is 0 Å². The topological polar surface area (TPSA) is 41.1 Å². The standard InChI is InChI=1S/C15H24N2O/c1-6-16-13-10-8-7-9-12(13)14(18)17-11(2)15(3,4)5/h7-11,16H,6H2,1-5H3,(H,17,18). The lowest BCUT2D eigenvalue weighted by molar-refractivity contribution is 0.0911. The van der Waals surface area contributed by atoms with E-state index in [0.717, 1.165) is 12.2 Å². The second-order valence-corrected chi connectivity index (χ2v) is 5.64. The third-order valence-electron chi connectivity index (χ3n) is 3.19. The van der Waals surface area contributed by atoms with E-state index in [1.165, 1.54) is 0 Å². The molecule has 1 rings (SSSR count). The number of carbonyl (C=O) groups excluding carboxylic acids is 1. The maximum Gasteiger partial charge on any atom is 0.253 e. The van der Waals surface area contributed by atoms with Crippen LogP contribution in [0.1, 0.15) is 45.0 Å². The summed E-state index contributed by atoms with van der Waals surface area (Å²) in [5, 5.41) is 6.26. The van der Waals surface area contributed by atoms with E-state index in [9.17, 15) is 4.79 Å². The first-order chi connectivity index (χ1) is 8.36. The number of hydrogen-bond donors (Lipinski definition) is 2. The molecule has 1 amide bonds. The van der Waals surface area contributed by atoms with Crippen molar-refractivity contribution >= 4 is 11.6 Å². The summed E-state index contributed by atoms with van der Waals surface area (Å²) in [7, 11) is 0. The number of anilines is 1. The second-order valence-electron chi connectivity index (χ2n) is 5.64. The van der Waals surface area contributed by atoms with Crippen molar-refractivity contribution < 1.29 is 4.79 Å². The Balaban J connectivity index is 2.84. The highest BCUT2D eigenvalue weighted by molar-refractivity contribution is 5.99. The molecule has 3 nitrogen and oxygen atoms in total. The van der Waals surface area contributed by atoms with Crippen LogP contribution < -0.4 is 10.6 Å². The SMILES string of the molecule is CCNc1ccccc1C(=O)NC(C)C(C)(C)C. The van der Waals surface area contributed by atoms with E-state index in [4.69, 9.17) is 0 Å². The van der Waals surface area contributed by atoms with Crippen molar-refractivity contribution in [2.24, 2.45) is 5.41 Å². The molecule has 3 heteroatoms. The van der Waals surface area contributed by atoms with Crippen molar-refractivity contribution in [2.45, 2.75) is 40.7 Å². The van der Waals surface area contributed by atoms with Gasteiger partial charge >= 0.3 is 0 Å². The average molecular weight is 248 g/mol. The summed E-state index contributed by atoms with van der Waals surface area (Å²) in [4.78, 5) is 12.2. The number of amides is 1. The highest BCUT2D eigenvalue weighted by Gasteiger charge is 2.22. The van der Waals surface area contributed by atoms with Gasteiger partial charge in [-0.1, -0.05) is 32.9 Å². The van der Waals surface area contributed by atoms with Crippen molar-refractivity contribution in [2.75, 3.05) is 11.9 Å². The van der Waals surface area contributed by atoms with Crippen molar-refractivity contribution in [3.05, 3.63) is 29.8 Å². The fourth-order valence-electron chi connectivity index (χ4n) is 1.52. The van der Waals surface area contributed by atoms with E-state index in [1.54, 1.807) is 0 Å². The molecule has 1 atom stereocenters. The van der Waals surface area contributed by atoms with Crippen molar-refractivity contribution in [3.8, 4) is 0 Å². The highest BCUT2D eigenvalue weighted by atomic mass is 16.1. The molecule has 0 radical (unpaired) electrons. The number of rotatable bonds is 4. The summed E-state index contributed by atoms with van der Waals surface area (Å²) in [6, 6.07) is 7.72. The molecule has 100 valence electrons. The van der Waals surface area contributed by atoms with E-state index >= 15 is 0 Å². The van der Waals surface area contributed by atoms with E-state index in [1.807, 2.05) is 38.1 Å². The third-order valence-corrected chi connectivity index (χ3v) is 3.19. The Bertz CT molecular complexity index is 407. The first kappa shape index (κ1) is 14.6. The molecule has 0 aliphatic heterocycles. The number of hydrogen-bond acceptors (Lipinski definition) is 2. The zero-order valence-electron chi connectivity index (χ0n) is 12.0. The minimum absolute atomic E-state index is 0.0195. The molecule has 0 aliphatic rings. The van der Waals surface area contributed by atoms with E-state index in [0.29, 0.717) is 5.56 Å². The molecule has 0 fully saturated rings. The lowest BCUT2D eigenvalue weighted by atomic mass is 9.88. The zero-order valence-corrected chi connectivity index (χ0v) is 12.0.